The summed E-state index contributed by atoms with van der Waals surface area (Å²) in [5, 5.41) is 18.1. The van der Waals surface area contributed by atoms with Crippen molar-refractivity contribution in [1.82, 2.24) is 35.9 Å². The fourth-order valence-corrected chi connectivity index (χ4v) is 4.94. The van der Waals surface area contributed by atoms with Crippen LogP contribution in [-0.4, -0.2) is 78.7 Å². The maximum absolute atomic E-state index is 13.4. The quantitative estimate of drug-likeness (QED) is 0.223. The normalized spacial score (nSPS) is 12.1. The fourth-order valence-electron chi connectivity index (χ4n) is 4.94. The average Bonchev–Trinajstić information content (AvgIpc) is 3.42. The van der Waals surface area contributed by atoms with Crippen LogP contribution in [-0.2, 0) is 22.6 Å². The standard InChI is InChI=1S/C31H36N8O3/c1-32-14-13-28(40)38-20-23-7-3-4-8-25(23)29-30(26-9-5-6-10-27(26)38)39(37-36-29)21-24-12-11-22(19-35-24)31(41)34-16-18-42-17-15-33-2/h3-12,19,32-33H,13-18,20-21H2,1-2H3,(H,34,41). The van der Waals surface area contributed by atoms with E-state index >= 15 is 0 Å². The number of rotatable bonds is 12. The number of fused-ring (bicyclic) bond motifs is 5. The smallest absolute Gasteiger partial charge is 0.252 e. The molecule has 0 fully saturated rings. The van der Waals surface area contributed by atoms with E-state index in [1.807, 2.05) is 78.3 Å². The Morgan fingerprint density at radius 1 is 0.905 bits per heavy atom. The molecule has 11 heteroatoms. The Labute approximate surface area is 245 Å². The van der Waals surface area contributed by atoms with Gasteiger partial charge < -0.3 is 25.6 Å². The Hall–Kier alpha value is -4.45. The summed E-state index contributed by atoms with van der Waals surface area (Å²) in [6, 6.07) is 19.5. The predicted octanol–water partition coefficient (Wildman–Crippen LogP) is 2.48. The van der Waals surface area contributed by atoms with Gasteiger partial charge in [-0.2, -0.15) is 0 Å². The van der Waals surface area contributed by atoms with Crippen molar-refractivity contribution in [3.63, 3.8) is 0 Å². The summed E-state index contributed by atoms with van der Waals surface area (Å²) in [6.45, 7) is 3.59. The summed E-state index contributed by atoms with van der Waals surface area (Å²) in [6.07, 6.45) is 1.95. The highest BCUT2D eigenvalue weighted by Gasteiger charge is 2.29. The lowest BCUT2D eigenvalue weighted by molar-refractivity contribution is -0.118. The van der Waals surface area contributed by atoms with E-state index in [4.69, 9.17) is 4.74 Å². The van der Waals surface area contributed by atoms with E-state index in [0.717, 1.165) is 46.0 Å². The van der Waals surface area contributed by atoms with Gasteiger partial charge in [-0.15, -0.1) is 5.10 Å². The lowest BCUT2D eigenvalue weighted by Crippen LogP contribution is -2.33. The van der Waals surface area contributed by atoms with E-state index < -0.39 is 0 Å². The lowest BCUT2D eigenvalue weighted by atomic mass is 9.95. The van der Waals surface area contributed by atoms with Gasteiger partial charge in [0.05, 0.1) is 48.9 Å². The van der Waals surface area contributed by atoms with Crippen molar-refractivity contribution in [2.75, 3.05) is 51.8 Å². The molecule has 5 rings (SSSR count). The minimum atomic E-state index is -0.203. The molecule has 1 aliphatic rings. The molecule has 2 aromatic carbocycles. The Kier molecular flexibility index (Phi) is 9.65. The van der Waals surface area contributed by atoms with Crippen LogP contribution in [0, 0.1) is 0 Å². The highest BCUT2D eigenvalue weighted by atomic mass is 16.5. The second-order valence-electron chi connectivity index (χ2n) is 9.96. The van der Waals surface area contributed by atoms with Crippen molar-refractivity contribution in [2.24, 2.45) is 0 Å². The molecule has 3 N–H and O–H groups in total. The topological polar surface area (TPSA) is 126 Å². The molecule has 0 aliphatic carbocycles. The van der Waals surface area contributed by atoms with Crippen LogP contribution < -0.4 is 20.9 Å². The van der Waals surface area contributed by atoms with Crippen LogP contribution in [0.25, 0.3) is 22.5 Å². The molecule has 0 unspecified atom stereocenters. The van der Waals surface area contributed by atoms with Gasteiger partial charge in [0.1, 0.15) is 5.69 Å². The SMILES string of the molecule is CNCCOCCNC(=O)c1ccc(Cn2nnc3c2-c2ccccc2N(C(=O)CCNC)Cc2ccccc2-3)nc1. The average molecular weight is 569 g/mol. The number of para-hydroxylation sites is 1. The fraction of sp³-hybridized carbons (Fsp3) is 0.323. The minimum Gasteiger partial charge on any atom is -0.378 e. The van der Waals surface area contributed by atoms with Gasteiger partial charge in [-0.05, 0) is 37.9 Å². The molecule has 0 atom stereocenters. The maximum atomic E-state index is 13.4. The van der Waals surface area contributed by atoms with Gasteiger partial charge in [-0.3, -0.25) is 14.6 Å². The van der Waals surface area contributed by atoms with Crippen molar-refractivity contribution >= 4 is 17.5 Å². The number of pyridine rings is 1. The van der Waals surface area contributed by atoms with Crippen molar-refractivity contribution in [1.29, 1.82) is 0 Å². The van der Waals surface area contributed by atoms with Crippen molar-refractivity contribution in [2.45, 2.75) is 19.5 Å². The molecule has 42 heavy (non-hydrogen) atoms. The molecule has 0 radical (unpaired) electrons. The largest absolute Gasteiger partial charge is 0.378 e. The third kappa shape index (κ3) is 6.54. The Bertz CT molecular complexity index is 1520. The number of hydrogen-bond donors (Lipinski definition) is 3. The molecule has 0 spiro atoms. The molecule has 1 aliphatic heterocycles. The van der Waals surface area contributed by atoms with Gasteiger partial charge in [0.25, 0.3) is 5.91 Å². The molecule has 0 saturated heterocycles. The van der Waals surface area contributed by atoms with Crippen LogP contribution in [0.5, 0.6) is 0 Å². The maximum Gasteiger partial charge on any atom is 0.252 e. The first kappa shape index (κ1) is 29.1. The third-order valence-electron chi connectivity index (χ3n) is 7.10. The van der Waals surface area contributed by atoms with Crippen molar-refractivity contribution in [3.05, 3.63) is 83.7 Å². The highest BCUT2D eigenvalue weighted by Crippen LogP contribution is 2.41. The number of nitrogens with zero attached hydrogens (tertiary/aromatic N) is 5. The first-order chi connectivity index (χ1) is 20.6. The van der Waals surface area contributed by atoms with E-state index in [-0.39, 0.29) is 11.8 Å². The zero-order chi connectivity index (χ0) is 29.3. The van der Waals surface area contributed by atoms with Gasteiger partial charge in [0, 0.05) is 43.4 Å². The number of nitrogens with one attached hydrogen (secondary N) is 3. The molecule has 0 bridgehead atoms. The summed E-state index contributed by atoms with van der Waals surface area (Å²) in [5.41, 5.74) is 6.39. The molecule has 4 aromatic rings. The molecular weight excluding hydrogens is 532 g/mol. The second kappa shape index (κ2) is 13.9. The molecule has 2 aromatic heterocycles. The molecule has 218 valence electrons. The van der Waals surface area contributed by atoms with E-state index in [0.29, 0.717) is 51.4 Å². The van der Waals surface area contributed by atoms with Crippen LogP contribution in [0.15, 0.2) is 66.9 Å². The van der Waals surface area contributed by atoms with Gasteiger partial charge in [0.15, 0.2) is 0 Å². The zero-order valence-electron chi connectivity index (χ0n) is 24.0. The minimum absolute atomic E-state index is 0.0362. The predicted molar refractivity (Wildman–Crippen MR) is 161 cm³/mol. The van der Waals surface area contributed by atoms with Crippen molar-refractivity contribution in [3.8, 4) is 22.5 Å². The molecular formula is C31H36N8O3. The Morgan fingerprint density at radius 2 is 1.67 bits per heavy atom. The van der Waals surface area contributed by atoms with Crippen LogP contribution in [0.2, 0.25) is 0 Å². The highest BCUT2D eigenvalue weighted by molar-refractivity contribution is 6.00. The lowest BCUT2D eigenvalue weighted by Gasteiger charge is -2.28. The van der Waals surface area contributed by atoms with E-state index in [1.54, 1.807) is 12.3 Å². The number of anilines is 1. The molecule has 11 nitrogen and oxygen atoms in total. The number of hydrogen-bond acceptors (Lipinski definition) is 8. The summed E-state index contributed by atoms with van der Waals surface area (Å²) in [7, 11) is 3.71. The van der Waals surface area contributed by atoms with E-state index in [9.17, 15) is 9.59 Å². The van der Waals surface area contributed by atoms with Gasteiger partial charge in [-0.1, -0.05) is 47.7 Å². The van der Waals surface area contributed by atoms with Crippen molar-refractivity contribution < 1.29 is 14.3 Å². The van der Waals surface area contributed by atoms with Crippen LogP contribution in [0.4, 0.5) is 5.69 Å². The molecule has 3 heterocycles. The second-order valence-corrected chi connectivity index (χ2v) is 9.96. The van der Waals surface area contributed by atoms with Crippen LogP contribution in [0.3, 0.4) is 0 Å². The van der Waals surface area contributed by atoms with Gasteiger partial charge in [0.2, 0.25) is 5.91 Å². The number of carbonyl (C=O) groups excluding carboxylic acids is 2. The summed E-state index contributed by atoms with van der Waals surface area (Å²) >= 11 is 0. The number of aromatic nitrogens is 4. The summed E-state index contributed by atoms with van der Waals surface area (Å²) in [4.78, 5) is 32.4. The Balaban J connectivity index is 1.42. The summed E-state index contributed by atoms with van der Waals surface area (Å²) < 4.78 is 7.27. The number of benzene rings is 2. The number of carbonyl (C=O) groups is 2. The van der Waals surface area contributed by atoms with Gasteiger partial charge in [-0.25, -0.2) is 4.68 Å². The number of amides is 2. The monoisotopic (exact) mass is 568 g/mol. The number of likely N-dealkylation sites (N-methyl/N-ethyl adjacent to an activating group) is 1. The zero-order valence-corrected chi connectivity index (χ0v) is 24.0. The van der Waals surface area contributed by atoms with Crippen LogP contribution >= 0.6 is 0 Å². The van der Waals surface area contributed by atoms with E-state index in [2.05, 4.69) is 31.2 Å². The van der Waals surface area contributed by atoms with Crippen LogP contribution in [0.1, 0.15) is 28.0 Å². The molecule has 2 amide bonds. The first-order valence-corrected chi connectivity index (χ1v) is 14.1. The first-order valence-electron chi connectivity index (χ1n) is 14.1. The van der Waals surface area contributed by atoms with Gasteiger partial charge >= 0.3 is 0 Å². The molecule has 0 saturated carbocycles. The van der Waals surface area contributed by atoms with E-state index in [1.165, 1.54) is 0 Å². The summed E-state index contributed by atoms with van der Waals surface area (Å²) in [5.74, 6) is -0.167. The number of ether oxygens (including phenoxy) is 1. The third-order valence-corrected chi connectivity index (χ3v) is 7.10. The Morgan fingerprint density at radius 3 is 2.45 bits per heavy atom.